The predicted molar refractivity (Wildman–Crippen MR) is 132 cm³/mol. The number of hydrogen-bond donors (Lipinski definition) is 2. The number of aromatic amines is 1. The Kier molecular flexibility index (Phi) is 8.87. The maximum Gasteiger partial charge on any atom is 0.253 e. The molecular formula is C24H36N4O2S. The van der Waals surface area contributed by atoms with E-state index in [4.69, 9.17) is 17.0 Å². The highest BCUT2D eigenvalue weighted by Gasteiger charge is 2.22. The number of pyridine rings is 1. The average molecular weight is 445 g/mol. The lowest BCUT2D eigenvalue weighted by Crippen LogP contribution is -2.44. The monoisotopic (exact) mass is 444 g/mol. The normalized spacial score (nSPS) is 16.2. The van der Waals surface area contributed by atoms with Crippen molar-refractivity contribution >= 4 is 28.2 Å². The standard InChI is InChI=1S/C24H36N4O2S/c1-4-27(5-2)12-7-11-25-24(31)28(17-21-8-6-13-30-21)16-20-15-19-14-18(3)9-10-22(19)26-23(20)29/h9-10,14-15,21H,4-8,11-13,16-17H2,1-3H3,(H,25,31)(H,26,29)/t21-/m1/s1. The largest absolute Gasteiger partial charge is 0.376 e. The molecule has 1 fully saturated rings. The molecule has 0 radical (unpaired) electrons. The van der Waals surface area contributed by atoms with Crippen LogP contribution < -0.4 is 10.9 Å². The fraction of sp³-hybridized carbons (Fsp3) is 0.583. The van der Waals surface area contributed by atoms with Crippen molar-refractivity contribution in [3.8, 4) is 0 Å². The molecule has 0 unspecified atom stereocenters. The zero-order chi connectivity index (χ0) is 22.2. The molecule has 0 amide bonds. The summed E-state index contributed by atoms with van der Waals surface area (Å²) in [6.07, 6.45) is 3.32. The molecule has 31 heavy (non-hydrogen) atoms. The van der Waals surface area contributed by atoms with Gasteiger partial charge in [0.2, 0.25) is 0 Å². The van der Waals surface area contributed by atoms with Crippen molar-refractivity contribution in [2.75, 3.05) is 39.3 Å². The molecule has 0 bridgehead atoms. The van der Waals surface area contributed by atoms with Gasteiger partial charge in [0.1, 0.15) is 0 Å². The van der Waals surface area contributed by atoms with Crippen LogP contribution in [0.4, 0.5) is 0 Å². The second-order valence-corrected chi connectivity index (χ2v) is 8.73. The molecule has 2 N–H and O–H groups in total. The van der Waals surface area contributed by atoms with Crippen molar-refractivity contribution < 1.29 is 4.74 Å². The van der Waals surface area contributed by atoms with E-state index < -0.39 is 0 Å². The van der Waals surface area contributed by atoms with Gasteiger partial charge in [0, 0.05) is 30.8 Å². The van der Waals surface area contributed by atoms with Gasteiger partial charge in [0.15, 0.2) is 5.11 Å². The van der Waals surface area contributed by atoms with E-state index in [-0.39, 0.29) is 11.7 Å². The Morgan fingerprint density at radius 3 is 2.81 bits per heavy atom. The third-order valence-electron chi connectivity index (χ3n) is 5.99. The quantitative estimate of drug-likeness (QED) is 0.433. The average Bonchev–Trinajstić information content (AvgIpc) is 3.27. The van der Waals surface area contributed by atoms with Crippen molar-refractivity contribution in [3.63, 3.8) is 0 Å². The van der Waals surface area contributed by atoms with Crippen molar-refractivity contribution in [2.24, 2.45) is 0 Å². The van der Waals surface area contributed by atoms with Gasteiger partial charge in [-0.3, -0.25) is 4.79 Å². The van der Waals surface area contributed by atoms with Gasteiger partial charge in [-0.25, -0.2) is 0 Å². The molecule has 0 aliphatic carbocycles. The minimum Gasteiger partial charge on any atom is -0.376 e. The molecule has 6 nitrogen and oxygen atoms in total. The second kappa shape index (κ2) is 11.6. The summed E-state index contributed by atoms with van der Waals surface area (Å²) >= 11 is 5.74. The number of thiocarbonyl (C=S) groups is 1. The van der Waals surface area contributed by atoms with Crippen LogP contribution in [0.25, 0.3) is 10.9 Å². The number of rotatable bonds is 10. The van der Waals surface area contributed by atoms with Crippen molar-refractivity contribution in [1.29, 1.82) is 0 Å². The zero-order valence-electron chi connectivity index (χ0n) is 19.1. The van der Waals surface area contributed by atoms with Crippen molar-refractivity contribution in [2.45, 2.75) is 52.7 Å². The van der Waals surface area contributed by atoms with Crippen LogP contribution in [-0.2, 0) is 11.3 Å². The number of hydrogen-bond acceptors (Lipinski definition) is 4. The molecule has 2 heterocycles. The molecule has 1 saturated heterocycles. The lowest BCUT2D eigenvalue weighted by molar-refractivity contribution is 0.0896. The molecular weight excluding hydrogens is 408 g/mol. The molecule has 1 aliphatic heterocycles. The Bertz CT molecular complexity index is 919. The molecule has 0 spiro atoms. The lowest BCUT2D eigenvalue weighted by Gasteiger charge is -2.28. The lowest BCUT2D eigenvalue weighted by atomic mass is 10.1. The van der Waals surface area contributed by atoms with Crippen LogP contribution >= 0.6 is 12.2 Å². The summed E-state index contributed by atoms with van der Waals surface area (Å²) in [5, 5.41) is 5.15. The van der Waals surface area contributed by atoms with Crippen molar-refractivity contribution in [1.82, 2.24) is 20.1 Å². The number of aromatic nitrogens is 1. The summed E-state index contributed by atoms with van der Waals surface area (Å²) in [6, 6.07) is 8.07. The maximum atomic E-state index is 12.7. The number of fused-ring (bicyclic) bond motifs is 1. The smallest absolute Gasteiger partial charge is 0.253 e. The van der Waals surface area contributed by atoms with Crippen LogP contribution in [0, 0.1) is 6.92 Å². The number of benzene rings is 1. The van der Waals surface area contributed by atoms with Gasteiger partial charge in [0.25, 0.3) is 5.56 Å². The zero-order valence-corrected chi connectivity index (χ0v) is 19.9. The summed E-state index contributed by atoms with van der Waals surface area (Å²) in [6.45, 7) is 12.4. The van der Waals surface area contributed by atoms with E-state index in [2.05, 4.69) is 46.9 Å². The van der Waals surface area contributed by atoms with E-state index in [0.717, 1.165) is 68.5 Å². The Morgan fingerprint density at radius 2 is 2.10 bits per heavy atom. The third-order valence-corrected chi connectivity index (χ3v) is 6.40. The molecule has 2 aromatic rings. The number of aryl methyl sites for hydroxylation is 1. The topological polar surface area (TPSA) is 60.6 Å². The van der Waals surface area contributed by atoms with E-state index in [1.54, 1.807) is 0 Å². The van der Waals surface area contributed by atoms with Crippen LogP contribution in [0.3, 0.4) is 0 Å². The third kappa shape index (κ3) is 6.76. The molecule has 1 aromatic heterocycles. The van der Waals surface area contributed by atoms with Gasteiger partial charge in [0.05, 0.1) is 12.6 Å². The molecule has 0 saturated carbocycles. The van der Waals surface area contributed by atoms with Gasteiger partial charge >= 0.3 is 0 Å². The number of nitrogens with zero attached hydrogens (tertiary/aromatic N) is 2. The van der Waals surface area contributed by atoms with Crippen LogP contribution in [0.5, 0.6) is 0 Å². The second-order valence-electron chi connectivity index (χ2n) is 8.34. The Hall–Kier alpha value is -1.96. The van der Waals surface area contributed by atoms with Crippen LogP contribution in [-0.4, -0.2) is 65.3 Å². The highest BCUT2D eigenvalue weighted by atomic mass is 32.1. The SMILES string of the molecule is CCN(CC)CCCNC(=S)N(Cc1cc2cc(C)ccc2[nH]c1=O)C[C@H]1CCCO1. The molecule has 1 aliphatic rings. The van der Waals surface area contributed by atoms with Crippen molar-refractivity contribution in [3.05, 3.63) is 45.7 Å². The molecule has 1 aromatic carbocycles. The number of H-pyrrole nitrogens is 1. The van der Waals surface area contributed by atoms with E-state index in [1.807, 2.05) is 18.2 Å². The van der Waals surface area contributed by atoms with E-state index in [0.29, 0.717) is 18.2 Å². The van der Waals surface area contributed by atoms with E-state index in [9.17, 15) is 4.79 Å². The summed E-state index contributed by atoms with van der Waals surface area (Å²) < 4.78 is 5.85. The van der Waals surface area contributed by atoms with Gasteiger partial charge in [-0.15, -0.1) is 0 Å². The summed E-state index contributed by atoms with van der Waals surface area (Å²) in [4.78, 5) is 20.3. The first-order valence-corrected chi connectivity index (χ1v) is 11.9. The molecule has 170 valence electrons. The Labute approximate surface area is 191 Å². The van der Waals surface area contributed by atoms with Crippen LogP contribution in [0.2, 0.25) is 0 Å². The minimum absolute atomic E-state index is 0.0574. The minimum atomic E-state index is -0.0574. The van der Waals surface area contributed by atoms with Gasteiger partial charge < -0.3 is 24.8 Å². The Morgan fingerprint density at radius 1 is 1.29 bits per heavy atom. The highest BCUT2D eigenvalue weighted by molar-refractivity contribution is 7.80. The maximum absolute atomic E-state index is 12.7. The first-order chi connectivity index (χ1) is 15.0. The first kappa shape index (κ1) is 23.7. The van der Waals surface area contributed by atoms with Crippen LogP contribution in [0.1, 0.15) is 44.2 Å². The Balaban J connectivity index is 1.69. The highest BCUT2D eigenvalue weighted by Crippen LogP contribution is 2.17. The summed E-state index contributed by atoms with van der Waals surface area (Å²) in [7, 11) is 0. The van der Waals surface area contributed by atoms with Gasteiger partial charge in [-0.1, -0.05) is 25.5 Å². The first-order valence-electron chi connectivity index (χ1n) is 11.5. The van der Waals surface area contributed by atoms with Crippen LogP contribution in [0.15, 0.2) is 29.1 Å². The summed E-state index contributed by atoms with van der Waals surface area (Å²) in [5.41, 5.74) is 2.70. The van der Waals surface area contributed by atoms with E-state index >= 15 is 0 Å². The molecule has 1 atom stereocenters. The predicted octanol–water partition coefficient (Wildman–Crippen LogP) is 3.42. The number of ether oxygens (including phenoxy) is 1. The fourth-order valence-electron chi connectivity index (χ4n) is 4.10. The van der Waals surface area contributed by atoms with Gasteiger partial charge in [-0.05, 0) is 81.6 Å². The van der Waals surface area contributed by atoms with E-state index in [1.165, 1.54) is 5.56 Å². The molecule has 7 heteroatoms. The fourth-order valence-corrected chi connectivity index (χ4v) is 4.34. The van der Waals surface area contributed by atoms with Gasteiger partial charge in [-0.2, -0.15) is 0 Å². The molecule has 3 rings (SSSR count). The number of nitrogens with one attached hydrogen (secondary N) is 2. The summed E-state index contributed by atoms with van der Waals surface area (Å²) in [5.74, 6) is 0.